The van der Waals surface area contributed by atoms with Crippen LogP contribution in [0.2, 0.25) is 0 Å². The van der Waals surface area contributed by atoms with Gasteiger partial charge < -0.3 is 5.32 Å². The topological polar surface area (TPSA) is 58.2 Å². The minimum absolute atomic E-state index is 0.0504. The van der Waals surface area contributed by atoms with Crippen molar-refractivity contribution in [2.75, 3.05) is 19.3 Å². The molecule has 1 aliphatic rings. The van der Waals surface area contributed by atoms with Gasteiger partial charge in [-0.2, -0.15) is 0 Å². The van der Waals surface area contributed by atoms with Gasteiger partial charge in [0.2, 0.25) is 10.0 Å². The van der Waals surface area contributed by atoms with Crippen LogP contribution in [0.15, 0.2) is 24.3 Å². The normalized spacial score (nSPS) is 19.1. The minimum Gasteiger partial charge on any atom is -0.320 e. The van der Waals surface area contributed by atoms with Crippen LogP contribution in [0.3, 0.4) is 0 Å². The molecule has 4 nitrogen and oxygen atoms in total. The minimum atomic E-state index is -3.15. The van der Waals surface area contributed by atoms with Gasteiger partial charge in [-0.3, -0.25) is 0 Å². The molecule has 2 N–H and O–H groups in total. The van der Waals surface area contributed by atoms with Gasteiger partial charge in [-0.1, -0.05) is 24.3 Å². The van der Waals surface area contributed by atoms with Crippen LogP contribution in [-0.4, -0.2) is 33.8 Å². The van der Waals surface area contributed by atoms with E-state index in [0.717, 1.165) is 25.8 Å². The lowest BCUT2D eigenvalue weighted by Gasteiger charge is -2.25. The number of nitrogens with one attached hydrogen (secondary N) is 2. The van der Waals surface area contributed by atoms with Crippen LogP contribution in [-0.2, 0) is 22.9 Å². The van der Waals surface area contributed by atoms with Crippen LogP contribution in [0.4, 0.5) is 0 Å². The highest BCUT2D eigenvalue weighted by Gasteiger charge is 2.22. The second kappa shape index (κ2) is 6.50. The third-order valence-electron chi connectivity index (χ3n) is 3.53. The molecule has 1 aliphatic carbocycles. The molecule has 0 saturated heterocycles. The first-order valence-electron chi connectivity index (χ1n) is 6.82. The fourth-order valence-corrected chi connectivity index (χ4v) is 3.90. The monoisotopic (exact) mass is 282 g/mol. The molecule has 0 aliphatic heterocycles. The first-order valence-corrected chi connectivity index (χ1v) is 8.47. The molecule has 0 amide bonds. The molecule has 5 heteroatoms. The van der Waals surface area contributed by atoms with Gasteiger partial charge in [0.15, 0.2) is 0 Å². The molecule has 2 rings (SSSR count). The van der Waals surface area contributed by atoms with Crippen molar-refractivity contribution in [3.63, 3.8) is 0 Å². The first-order chi connectivity index (χ1) is 9.11. The third-order valence-corrected chi connectivity index (χ3v) is 5.05. The van der Waals surface area contributed by atoms with Crippen LogP contribution in [0.1, 0.15) is 24.0 Å². The standard InChI is InChI=1S/C14H22N2O2S/c1-15-9-4-10-19(17,18)16-14-8-7-12-5-2-3-6-13(12)11-14/h2-3,5-6,14-16H,4,7-11H2,1H3. The molecule has 19 heavy (non-hydrogen) atoms. The van der Waals surface area contributed by atoms with E-state index in [1.165, 1.54) is 11.1 Å². The quantitative estimate of drug-likeness (QED) is 0.768. The number of hydrogen-bond acceptors (Lipinski definition) is 3. The van der Waals surface area contributed by atoms with Gasteiger partial charge in [-0.15, -0.1) is 0 Å². The first kappa shape index (κ1) is 14.5. The fraction of sp³-hybridized carbons (Fsp3) is 0.571. The van der Waals surface area contributed by atoms with Crippen LogP contribution in [0.25, 0.3) is 0 Å². The summed E-state index contributed by atoms with van der Waals surface area (Å²) in [6, 6.07) is 8.34. The predicted octanol–water partition coefficient (Wildman–Crippen LogP) is 1.07. The summed E-state index contributed by atoms with van der Waals surface area (Å²) < 4.78 is 26.7. The average molecular weight is 282 g/mol. The second-order valence-electron chi connectivity index (χ2n) is 5.10. The Morgan fingerprint density at radius 1 is 1.26 bits per heavy atom. The Morgan fingerprint density at radius 3 is 2.74 bits per heavy atom. The zero-order valence-corrected chi connectivity index (χ0v) is 12.2. The van der Waals surface area contributed by atoms with Crippen molar-refractivity contribution in [1.82, 2.24) is 10.0 Å². The van der Waals surface area contributed by atoms with E-state index in [1.54, 1.807) is 0 Å². The van der Waals surface area contributed by atoms with Gasteiger partial charge >= 0.3 is 0 Å². The zero-order chi connectivity index (χ0) is 13.7. The molecule has 0 aromatic heterocycles. The van der Waals surface area contributed by atoms with Crippen molar-refractivity contribution in [2.24, 2.45) is 0 Å². The summed E-state index contributed by atoms with van der Waals surface area (Å²) in [6.07, 6.45) is 3.30. The van der Waals surface area contributed by atoms with Gasteiger partial charge in [-0.05, 0) is 50.4 Å². The Hall–Kier alpha value is -0.910. The molecule has 0 heterocycles. The maximum Gasteiger partial charge on any atom is 0.211 e. The van der Waals surface area contributed by atoms with Crippen molar-refractivity contribution < 1.29 is 8.42 Å². The highest BCUT2D eigenvalue weighted by molar-refractivity contribution is 7.89. The van der Waals surface area contributed by atoms with E-state index in [9.17, 15) is 8.42 Å². The number of benzene rings is 1. The maximum atomic E-state index is 11.9. The summed E-state index contributed by atoms with van der Waals surface area (Å²) in [7, 11) is -1.31. The van der Waals surface area contributed by atoms with E-state index in [0.29, 0.717) is 6.42 Å². The lowest BCUT2D eigenvalue weighted by Crippen LogP contribution is -2.40. The molecule has 1 aromatic carbocycles. The summed E-state index contributed by atoms with van der Waals surface area (Å²) in [4.78, 5) is 0. The Kier molecular flexibility index (Phi) is 4.96. The summed E-state index contributed by atoms with van der Waals surface area (Å²) in [5.74, 6) is 0.200. The van der Waals surface area contributed by atoms with Crippen LogP contribution in [0, 0.1) is 0 Å². The van der Waals surface area contributed by atoms with Crippen molar-refractivity contribution in [2.45, 2.75) is 31.7 Å². The van der Waals surface area contributed by atoms with Gasteiger partial charge in [-0.25, -0.2) is 13.1 Å². The summed E-state index contributed by atoms with van der Waals surface area (Å²) in [6.45, 7) is 0.731. The molecule has 1 atom stereocenters. The number of sulfonamides is 1. The molecule has 0 bridgehead atoms. The highest BCUT2D eigenvalue weighted by atomic mass is 32.2. The van der Waals surface area contributed by atoms with E-state index >= 15 is 0 Å². The lowest BCUT2D eigenvalue weighted by molar-refractivity contribution is 0.506. The van der Waals surface area contributed by atoms with Gasteiger partial charge in [0.05, 0.1) is 5.75 Å². The highest BCUT2D eigenvalue weighted by Crippen LogP contribution is 2.21. The van der Waals surface area contributed by atoms with Crippen LogP contribution >= 0.6 is 0 Å². The second-order valence-corrected chi connectivity index (χ2v) is 6.98. The van der Waals surface area contributed by atoms with Crippen molar-refractivity contribution >= 4 is 10.0 Å². The molecule has 106 valence electrons. The van der Waals surface area contributed by atoms with Crippen molar-refractivity contribution in [1.29, 1.82) is 0 Å². The molecule has 0 spiro atoms. The average Bonchev–Trinajstić information content (AvgIpc) is 2.38. The number of aryl methyl sites for hydroxylation is 1. The molecule has 0 fully saturated rings. The molecule has 0 radical (unpaired) electrons. The zero-order valence-electron chi connectivity index (χ0n) is 11.4. The Balaban J connectivity index is 1.91. The van der Waals surface area contributed by atoms with E-state index < -0.39 is 10.0 Å². The molecular weight excluding hydrogens is 260 g/mol. The van der Waals surface area contributed by atoms with Crippen molar-refractivity contribution in [3.05, 3.63) is 35.4 Å². The third kappa shape index (κ3) is 4.30. The van der Waals surface area contributed by atoms with Crippen LogP contribution in [0.5, 0.6) is 0 Å². The number of fused-ring (bicyclic) bond motifs is 1. The predicted molar refractivity (Wildman–Crippen MR) is 77.7 cm³/mol. The largest absolute Gasteiger partial charge is 0.320 e. The summed E-state index contributed by atoms with van der Waals surface area (Å²) in [5, 5.41) is 2.96. The fourth-order valence-electron chi connectivity index (χ4n) is 2.55. The summed E-state index contributed by atoms with van der Waals surface area (Å²) >= 11 is 0. The van der Waals surface area contributed by atoms with Gasteiger partial charge in [0.25, 0.3) is 0 Å². The Morgan fingerprint density at radius 2 is 2.00 bits per heavy atom. The van der Waals surface area contributed by atoms with E-state index in [4.69, 9.17) is 0 Å². The Bertz CT molecular complexity index is 514. The van der Waals surface area contributed by atoms with E-state index in [1.807, 2.05) is 19.2 Å². The number of hydrogen-bond donors (Lipinski definition) is 2. The smallest absolute Gasteiger partial charge is 0.211 e. The maximum absolute atomic E-state index is 11.9. The summed E-state index contributed by atoms with van der Waals surface area (Å²) in [5.41, 5.74) is 2.63. The van der Waals surface area contributed by atoms with E-state index in [-0.39, 0.29) is 11.8 Å². The van der Waals surface area contributed by atoms with E-state index in [2.05, 4.69) is 22.2 Å². The molecule has 1 unspecified atom stereocenters. The molecule has 0 saturated carbocycles. The Labute approximate surface area is 115 Å². The number of rotatable bonds is 6. The van der Waals surface area contributed by atoms with Crippen LogP contribution < -0.4 is 10.0 Å². The molecular formula is C14H22N2O2S. The van der Waals surface area contributed by atoms with Crippen molar-refractivity contribution in [3.8, 4) is 0 Å². The SMILES string of the molecule is CNCCCS(=O)(=O)NC1CCc2ccccc2C1. The van der Waals surface area contributed by atoms with Gasteiger partial charge in [0.1, 0.15) is 0 Å². The van der Waals surface area contributed by atoms with Gasteiger partial charge in [0, 0.05) is 6.04 Å². The molecule has 1 aromatic rings. The lowest BCUT2D eigenvalue weighted by atomic mass is 9.89.